The van der Waals surface area contributed by atoms with Crippen molar-refractivity contribution in [2.75, 3.05) is 0 Å². The molecule has 0 saturated heterocycles. The van der Waals surface area contributed by atoms with Gasteiger partial charge in [-0.15, -0.1) is 11.8 Å². The molecule has 0 atom stereocenters. The monoisotopic (exact) mass is 259 g/mol. The van der Waals surface area contributed by atoms with Crippen LogP contribution in [0.3, 0.4) is 0 Å². The smallest absolute Gasteiger partial charge is 0.0681 e. The lowest BCUT2D eigenvalue weighted by atomic mass is 10.2. The number of hydrogen-bond acceptors (Lipinski definition) is 3. The van der Waals surface area contributed by atoms with Crippen LogP contribution in [0, 0.1) is 0 Å². The molecule has 0 aliphatic heterocycles. The maximum Gasteiger partial charge on any atom is 0.0681 e. The van der Waals surface area contributed by atoms with Crippen LogP contribution < -0.4 is 5.73 Å². The third kappa shape index (κ3) is 3.60. The maximum absolute atomic E-state index is 8.98. The largest absolute Gasteiger partial charge is 0.392 e. The van der Waals surface area contributed by atoms with Gasteiger partial charge in [0.05, 0.1) is 6.61 Å². The minimum atomic E-state index is 0.103. The summed E-state index contributed by atoms with van der Waals surface area (Å²) in [4.78, 5) is 1.24. The molecule has 2 rings (SSSR count). The van der Waals surface area contributed by atoms with Gasteiger partial charge in [0.2, 0.25) is 0 Å². The van der Waals surface area contributed by atoms with Crippen molar-refractivity contribution >= 4 is 11.8 Å². The second kappa shape index (κ2) is 6.59. The SMILES string of the molecule is NCc1cccc(SCc2ccc(CO)cc2)c1. The summed E-state index contributed by atoms with van der Waals surface area (Å²) in [5.41, 5.74) is 9.00. The van der Waals surface area contributed by atoms with Crippen LogP contribution in [-0.2, 0) is 18.9 Å². The van der Waals surface area contributed by atoms with Crippen LogP contribution in [0.15, 0.2) is 53.4 Å². The molecule has 0 saturated carbocycles. The van der Waals surface area contributed by atoms with Crippen molar-refractivity contribution in [3.05, 3.63) is 65.2 Å². The standard InChI is InChI=1S/C15H17NOS/c16-9-14-2-1-3-15(8-14)18-11-13-6-4-12(10-17)5-7-13/h1-8,17H,9-11,16H2. The Bertz CT molecular complexity index is 496. The summed E-state index contributed by atoms with van der Waals surface area (Å²) in [6.07, 6.45) is 0. The number of nitrogens with two attached hydrogens (primary N) is 1. The highest BCUT2D eigenvalue weighted by Crippen LogP contribution is 2.23. The molecule has 0 spiro atoms. The normalized spacial score (nSPS) is 10.6. The van der Waals surface area contributed by atoms with Gasteiger partial charge in [0.25, 0.3) is 0 Å². The van der Waals surface area contributed by atoms with E-state index in [0.717, 1.165) is 16.9 Å². The second-order valence-corrected chi connectivity index (χ2v) is 5.16. The molecule has 3 heteroatoms. The van der Waals surface area contributed by atoms with Gasteiger partial charge in [-0.1, -0.05) is 36.4 Å². The van der Waals surface area contributed by atoms with Crippen LogP contribution in [0.5, 0.6) is 0 Å². The minimum absolute atomic E-state index is 0.103. The van der Waals surface area contributed by atoms with Crippen molar-refractivity contribution in [3.8, 4) is 0 Å². The molecule has 94 valence electrons. The fourth-order valence-corrected chi connectivity index (χ4v) is 2.61. The zero-order valence-corrected chi connectivity index (χ0v) is 11.0. The molecular weight excluding hydrogens is 242 g/mol. The summed E-state index contributed by atoms with van der Waals surface area (Å²) in [5.74, 6) is 0.930. The Hall–Kier alpha value is -1.29. The van der Waals surface area contributed by atoms with Gasteiger partial charge in [-0.05, 0) is 28.8 Å². The Morgan fingerprint density at radius 2 is 1.67 bits per heavy atom. The first-order valence-electron chi connectivity index (χ1n) is 5.92. The highest BCUT2D eigenvalue weighted by molar-refractivity contribution is 7.98. The fourth-order valence-electron chi connectivity index (χ4n) is 1.67. The van der Waals surface area contributed by atoms with E-state index in [1.54, 1.807) is 11.8 Å². The topological polar surface area (TPSA) is 46.2 Å². The first-order valence-corrected chi connectivity index (χ1v) is 6.91. The van der Waals surface area contributed by atoms with Crippen molar-refractivity contribution in [2.24, 2.45) is 5.73 Å². The first-order chi connectivity index (χ1) is 8.81. The average Bonchev–Trinajstić information content (AvgIpc) is 2.46. The van der Waals surface area contributed by atoms with Crippen LogP contribution in [0.25, 0.3) is 0 Å². The van der Waals surface area contributed by atoms with Crippen LogP contribution in [0.1, 0.15) is 16.7 Å². The Labute approximate surface area is 112 Å². The Morgan fingerprint density at radius 3 is 2.33 bits per heavy atom. The highest BCUT2D eigenvalue weighted by Gasteiger charge is 1.98. The lowest BCUT2D eigenvalue weighted by molar-refractivity contribution is 0.282. The van der Waals surface area contributed by atoms with Crippen molar-refractivity contribution in [2.45, 2.75) is 23.8 Å². The number of rotatable bonds is 5. The van der Waals surface area contributed by atoms with Gasteiger partial charge in [-0.25, -0.2) is 0 Å². The predicted octanol–water partition coefficient (Wildman–Crippen LogP) is 2.93. The summed E-state index contributed by atoms with van der Waals surface area (Å²) in [7, 11) is 0. The summed E-state index contributed by atoms with van der Waals surface area (Å²) < 4.78 is 0. The van der Waals surface area contributed by atoms with E-state index >= 15 is 0 Å². The number of hydrogen-bond donors (Lipinski definition) is 2. The molecule has 2 aromatic rings. The van der Waals surface area contributed by atoms with Crippen LogP contribution in [-0.4, -0.2) is 5.11 Å². The van der Waals surface area contributed by atoms with Crippen LogP contribution in [0.2, 0.25) is 0 Å². The van der Waals surface area contributed by atoms with Gasteiger partial charge in [-0.2, -0.15) is 0 Å². The first kappa shape index (κ1) is 13.1. The molecule has 3 N–H and O–H groups in total. The lowest BCUT2D eigenvalue weighted by Gasteiger charge is -2.05. The van der Waals surface area contributed by atoms with E-state index in [4.69, 9.17) is 10.8 Å². The maximum atomic E-state index is 8.98. The van der Waals surface area contributed by atoms with Gasteiger partial charge in [0, 0.05) is 17.2 Å². The number of thioether (sulfide) groups is 1. The van der Waals surface area contributed by atoms with Gasteiger partial charge in [-0.3, -0.25) is 0 Å². The number of aliphatic hydroxyl groups is 1. The Balaban J connectivity index is 1.97. The molecule has 0 heterocycles. The fraction of sp³-hybridized carbons (Fsp3) is 0.200. The second-order valence-electron chi connectivity index (χ2n) is 4.11. The van der Waals surface area contributed by atoms with E-state index in [2.05, 4.69) is 24.3 Å². The van der Waals surface area contributed by atoms with Crippen LogP contribution >= 0.6 is 11.8 Å². The highest BCUT2D eigenvalue weighted by atomic mass is 32.2. The van der Waals surface area contributed by atoms with E-state index in [-0.39, 0.29) is 6.61 Å². The van der Waals surface area contributed by atoms with Crippen molar-refractivity contribution in [3.63, 3.8) is 0 Å². The van der Waals surface area contributed by atoms with Crippen molar-refractivity contribution in [1.82, 2.24) is 0 Å². The summed E-state index contributed by atoms with van der Waals surface area (Å²) in [6.45, 7) is 0.686. The molecule has 0 radical (unpaired) electrons. The average molecular weight is 259 g/mol. The molecule has 2 aromatic carbocycles. The van der Waals surface area contributed by atoms with Gasteiger partial charge < -0.3 is 10.8 Å². The minimum Gasteiger partial charge on any atom is -0.392 e. The van der Waals surface area contributed by atoms with E-state index < -0.39 is 0 Å². The third-order valence-corrected chi connectivity index (χ3v) is 3.81. The van der Waals surface area contributed by atoms with Gasteiger partial charge >= 0.3 is 0 Å². The molecule has 0 bridgehead atoms. The summed E-state index contributed by atoms with van der Waals surface area (Å²) in [5, 5.41) is 8.98. The van der Waals surface area contributed by atoms with Gasteiger partial charge in [0.1, 0.15) is 0 Å². The van der Waals surface area contributed by atoms with E-state index in [1.807, 2.05) is 24.3 Å². The quantitative estimate of drug-likeness (QED) is 0.812. The molecule has 0 aliphatic carbocycles. The molecule has 0 unspecified atom stereocenters. The van der Waals surface area contributed by atoms with Crippen molar-refractivity contribution < 1.29 is 5.11 Å². The predicted molar refractivity (Wildman–Crippen MR) is 76.3 cm³/mol. The molecule has 2 nitrogen and oxygen atoms in total. The summed E-state index contributed by atoms with van der Waals surface area (Å²) >= 11 is 1.80. The lowest BCUT2D eigenvalue weighted by Crippen LogP contribution is -1.95. The Kier molecular flexibility index (Phi) is 4.81. The number of benzene rings is 2. The molecule has 0 aliphatic rings. The van der Waals surface area contributed by atoms with Gasteiger partial charge in [0.15, 0.2) is 0 Å². The van der Waals surface area contributed by atoms with E-state index in [9.17, 15) is 0 Å². The summed E-state index contributed by atoms with van der Waals surface area (Å²) in [6, 6.07) is 16.4. The molecule has 0 fully saturated rings. The van der Waals surface area contributed by atoms with Crippen LogP contribution in [0.4, 0.5) is 0 Å². The Morgan fingerprint density at radius 1 is 0.944 bits per heavy atom. The van der Waals surface area contributed by atoms with Crippen molar-refractivity contribution in [1.29, 1.82) is 0 Å². The third-order valence-electron chi connectivity index (χ3n) is 2.75. The molecular formula is C15H17NOS. The molecule has 0 amide bonds. The van der Waals surface area contributed by atoms with E-state index in [1.165, 1.54) is 10.5 Å². The number of aliphatic hydroxyl groups excluding tert-OH is 1. The van der Waals surface area contributed by atoms with E-state index in [0.29, 0.717) is 6.54 Å². The zero-order valence-electron chi connectivity index (χ0n) is 10.2. The molecule has 18 heavy (non-hydrogen) atoms. The molecule has 0 aromatic heterocycles. The zero-order chi connectivity index (χ0) is 12.8.